The molecule has 1 amide bonds. The van der Waals surface area contributed by atoms with Crippen molar-refractivity contribution in [3.63, 3.8) is 0 Å². The summed E-state index contributed by atoms with van der Waals surface area (Å²) < 4.78 is 0. The van der Waals surface area contributed by atoms with Crippen molar-refractivity contribution in [2.45, 2.75) is 38.1 Å². The Bertz CT molecular complexity index is 487. The van der Waals surface area contributed by atoms with E-state index in [-0.39, 0.29) is 18.0 Å². The zero-order chi connectivity index (χ0) is 15.4. The number of benzene rings is 1. The van der Waals surface area contributed by atoms with Gasteiger partial charge in [-0.15, -0.1) is 0 Å². The monoisotopic (exact) mass is 306 g/mol. The third-order valence-corrected chi connectivity index (χ3v) is 4.91. The maximum absolute atomic E-state index is 12.4. The first-order valence-electron chi connectivity index (χ1n) is 7.61. The highest BCUT2D eigenvalue weighted by molar-refractivity contribution is 7.98. The van der Waals surface area contributed by atoms with Crippen LogP contribution in [0.25, 0.3) is 0 Å². The van der Waals surface area contributed by atoms with Crippen LogP contribution in [-0.4, -0.2) is 36.7 Å². The minimum absolute atomic E-state index is 0.100. The molecular weight excluding hydrogens is 280 g/mol. The lowest BCUT2D eigenvalue weighted by molar-refractivity contribution is -0.131. The van der Waals surface area contributed by atoms with Gasteiger partial charge in [0.15, 0.2) is 0 Å². The van der Waals surface area contributed by atoms with Gasteiger partial charge in [-0.1, -0.05) is 38.1 Å². The Morgan fingerprint density at radius 2 is 2.10 bits per heavy atom. The summed E-state index contributed by atoms with van der Waals surface area (Å²) in [5.41, 5.74) is 2.75. The average molecular weight is 306 g/mol. The summed E-state index contributed by atoms with van der Waals surface area (Å²) in [4.78, 5) is 14.1. The summed E-state index contributed by atoms with van der Waals surface area (Å²) in [5.74, 6) is 2.78. The fraction of sp³-hybridized carbons (Fsp3) is 0.588. The summed E-state index contributed by atoms with van der Waals surface area (Å²) in [6, 6.07) is 8.75. The minimum Gasteiger partial charge on any atom is -0.347 e. The molecule has 0 fully saturated rings. The van der Waals surface area contributed by atoms with Gasteiger partial charge in [0.2, 0.25) is 5.91 Å². The van der Waals surface area contributed by atoms with E-state index in [2.05, 4.69) is 43.4 Å². The first-order chi connectivity index (χ1) is 9.99. The molecule has 1 aliphatic rings. The molecule has 2 unspecified atom stereocenters. The molecule has 0 bridgehead atoms. The van der Waals surface area contributed by atoms with E-state index >= 15 is 0 Å². The largest absolute Gasteiger partial charge is 0.347 e. The zero-order valence-corrected chi connectivity index (χ0v) is 14.2. The third-order valence-electron chi connectivity index (χ3n) is 3.82. The van der Waals surface area contributed by atoms with Crippen LogP contribution in [0, 0.1) is 5.92 Å². The normalized spacial score (nSPS) is 19.2. The number of amides is 1. The number of carbonyl (C=O) groups excluding carboxylic acids is 1. The van der Waals surface area contributed by atoms with Crippen molar-refractivity contribution >= 4 is 17.7 Å². The molecule has 1 aliphatic heterocycles. The molecule has 2 rings (SSSR count). The van der Waals surface area contributed by atoms with Gasteiger partial charge in [0.05, 0.1) is 6.04 Å². The van der Waals surface area contributed by atoms with Crippen molar-refractivity contribution in [3.8, 4) is 0 Å². The van der Waals surface area contributed by atoms with Gasteiger partial charge in [-0.3, -0.25) is 10.1 Å². The minimum atomic E-state index is -0.100. The number of nitrogens with one attached hydrogen (secondary N) is 1. The van der Waals surface area contributed by atoms with Crippen molar-refractivity contribution in [2.75, 3.05) is 19.8 Å². The predicted molar refractivity (Wildman–Crippen MR) is 90.4 cm³/mol. The number of hydrogen-bond donors (Lipinski definition) is 1. The molecular formula is C17H26N2OS. The van der Waals surface area contributed by atoms with Crippen LogP contribution in [0.5, 0.6) is 0 Å². The first-order valence-corrected chi connectivity index (χ1v) is 8.77. The highest BCUT2D eigenvalue weighted by Crippen LogP contribution is 2.32. The predicted octanol–water partition coefficient (Wildman–Crippen LogP) is 3.07. The molecule has 0 spiro atoms. The SMILES string of the molecule is CC(C)CC(NC1CSCc2ccccc21)C(=O)N(C)C. The second-order valence-corrected chi connectivity index (χ2v) is 7.38. The number of fused-ring (bicyclic) bond motifs is 1. The van der Waals surface area contributed by atoms with Crippen LogP contribution in [-0.2, 0) is 10.5 Å². The Labute approximate surface area is 132 Å². The van der Waals surface area contributed by atoms with Gasteiger partial charge < -0.3 is 4.90 Å². The van der Waals surface area contributed by atoms with Gasteiger partial charge in [0.25, 0.3) is 0 Å². The van der Waals surface area contributed by atoms with Crippen molar-refractivity contribution in [3.05, 3.63) is 35.4 Å². The van der Waals surface area contributed by atoms with Gasteiger partial charge >= 0.3 is 0 Å². The molecule has 0 saturated heterocycles. The summed E-state index contributed by atoms with van der Waals surface area (Å²) in [6.45, 7) is 4.34. The number of hydrogen-bond acceptors (Lipinski definition) is 3. The van der Waals surface area contributed by atoms with Gasteiger partial charge in [0, 0.05) is 31.6 Å². The maximum atomic E-state index is 12.4. The molecule has 116 valence electrons. The lowest BCUT2D eigenvalue weighted by Crippen LogP contribution is -2.46. The molecule has 1 N–H and O–H groups in total. The van der Waals surface area contributed by atoms with E-state index in [1.165, 1.54) is 11.1 Å². The van der Waals surface area contributed by atoms with Gasteiger partial charge in [-0.2, -0.15) is 11.8 Å². The van der Waals surface area contributed by atoms with Gasteiger partial charge in [-0.05, 0) is 23.5 Å². The number of likely N-dealkylation sites (N-methyl/N-ethyl adjacent to an activating group) is 1. The van der Waals surface area contributed by atoms with Crippen LogP contribution in [0.15, 0.2) is 24.3 Å². The highest BCUT2D eigenvalue weighted by atomic mass is 32.2. The van der Waals surface area contributed by atoms with E-state index in [1.54, 1.807) is 4.90 Å². The Morgan fingerprint density at radius 3 is 2.76 bits per heavy atom. The number of carbonyl (C=O) groups is 1. The van der Waals surface area contributed by atoms with Crippen LogP contribution in [0.4, 0.5) is 0 Å². The van der Waals surface area contributed by atoms with Gasteiger partial charge in [0.1, 0.15) is 0 Å². The first kappa shape index (κ1) is 16.4. The van der Waals surface area contributed by atoms with E-state index in [0.717, 1.165) is 17.9 Å². The second-order valence-electron chi connectivity index (χ2n) is 6.35. The van der Waals surface area contributed by atoms with Crippen LogP contribution in [0.2, 0.25) is 0 Å². The standard InChI is InChI=1S/C17H26N2OS/c1-12(2)9-15(17(20)19(3)4)18-16-11-21-10-13-7-5-6-8-14(13)16/h5-8,12,15-16,18H,9-11H2,1-4H3. The van der Waals surface area contributed by atoms with Crippen LogP contribution < -0.4 is 5.32 Å². The van der Waals surface area contributed by atoms with Crippen molar-refractivity contribution in [1.29, 1.82) is 0 Å². The Kier molecular flexibility index (Phi) is 5.71. The van der Waals surface area contributed by atoms with E-state index < -0.39 is 0 Å². The van der Waals surface area contributed by atoms with Crippen molar-refractivity contribution in [1.82, 2.24) is 10.2 Å². The highest BCUT2D eigenvalue weighted by Gasteiger charge is 2.27. The fourth-order valence-electron chi connectivity index (χ4n) is 2.79. The molecule has 0 aliphatic carbocycles. The van der Waals surface area contributed by atoms with Crippen LogP contribution >= 0.6 is 11.8 Å². The number of thioether (sulfide) groups is 1. The quantitative estimate of drug-likeness (QED) is 0.907. The molecule has 4 heteroatoms. The second kappa shape index (κ2) is 7.32. The molecule has 21 heavy (non-hydrogen) atoms. The molecule has 0 aromatic heterocycles. The van der Waals surface area contributed by atoms with Crippen molar-refractivity contribution in [2.24, 2.45) is 5.92 Å². The lowest BCUT2D eigenvalue weighted by atomic mass is 9.98. The topological polar surface area (TPSA) is 32.3 Å². The summed E-state index contributed by atoms with van der Waals surface area (Å²) in [6.07, 6.45) is 0.875. The molecule has 1 aromatic carbocycles. The number of nitrogens with zero attached hydrogens (tertiary/aromatic N) is 1. The van der Waals surface area contributed by atoms with Crippen LogP contribution in [0.1, 0.15) is 37.4 Å². The Hall–Kier alpha value is -1.00. The molecule has 2 atom stereocenters. The van der Waals surface area contributed by atoms with Gasteiger partial charge in [-0.25, -0.2) is 0 Å². The summed E-state index contributed by atoms with van der Waals surface area (Å²) in [5, 5.41) is 3.61. The lowest BCUT2D eigenvalue weighted by Gasteiger charge is -2.31. The third kappa shape index (κ3) is 4.24. The maximum Gasteiger partial charge on any atom is 0.239 e. The molecule has 1 heterocycles. The van der Waals surface area contributed by atoms with Crippen LogP contribution in [0.3, 0.4) is 0 Å². The zero-order valence-electron chi connectivity index (χ0n) is 13.4. The average Bonchev–Trinajstić information content (AvgIpc) is 2.45. The van der Waals surface area contributed by atoms with E-state index in [4.69, 9.17) is 0 Å². The summed E-state index contributed by atoms with van der Waals surface area (Å²) in [7, 11) is 3.67. The summed E-state index contributed by atoms with van der Waals surface area (Å²) >= 11 is 1.94. The van der Waals surface area contributed by atoms with E-state index in [1.807, 2.05) is 25.9 Å². The number of rotatable bonds is 5. The Balaban J connectivity index is 2.15. The van der Waals surface area contributed by atoms with Crippen molar-refractivity contribution < 1.29 is 4.79 Å². The smallest absolute Gasteiger partial charge is 0.239 e. The Morgan fingerprint density at radius 1 is 1.38 bits per heavy atom. The molecule has 0 saturated carbocycles. The fourth-order valence-corrected chi connectivity index (χ4v) is 3.90. The molecule has 1 aromatic rings. The van der Waals surface area contributed by atoms with E-state index in [9.17, 15) is 4.79 Å². The molecule has 3 nitrogen and oxygen atoms in total. The molecule has 0 radical (unpaired) electrons. The van der Waals surface area contributed by atoms with E-state index in [0.29, 0.717) is 5.92 Å².